The zero-order valence-corrected chi connectivity index (χ0v) is 8.41. The molecule has 78 valence electrons. The molecule has 0 unspecified atom stereocenters. The lowest BCUT2D eigenvalue weighted by atomic mass is 10.2. The molecule has 0 fully saturated rings. The maximum atomic E-state index is 12.9. The standard InChI is InChI=1S/C12H12FNO/c1-9(12-6-3-7-15-12)14-11-5-2-4-10(13)8-11/h2-9,14H,1H3/t9-/m1/s1. The second kappa shape index (κ2) is 4.17. The number of anilines is 1. The second-order valence-electron chi connectivity index (χ2n) is 3.39. The molecule has 0 bridgehead atoms. The van der Waals surface area contributed by atoms with Crippen LogP contribution in [0.1, 0.15) is 18.7 Å². The average molecular weight is 205 g/mol. The fourth-order valence-corrected chi connectivity index (χ4v) is 1.44. The van der Waals surface area contributed by atoms with Gasteiger partial charge in [-0.3, -0.25) is 0 Å². The van der Waals surface area contributed by atoms with Crippen LogP contribution in [0.15, 0.2) is 47.1 Å². The summed E-state index contributed by atoms with van der Waals surface area (Å²) >= 11 is 0. The maximum Gasteiger partial charge on any atom is 0.125 e. The van der Waals surface area contributed by atoms with Crippen LogP contribution in [-0.4, -0.2) is 0 Å². The van der Waals surface area contributed by atoms with Gasteiger partial charge in [0.15, 0.2) is 0 Å². The number of benzene rings is 1. The Morgan fingerprint density at radius 1 is 1.27 bits per heavy atom. The van der Waals surface area contributed by atoms with Crippen LogP contribution in [0.2, 0.25) is 0 Å². The SMILES string of the molecule is C[C@@H](Nc1cccc(F)c1)c1ccco1. The van der Waals surface area contributed by atoms with Crippen molar-refractivity contribution in [3.8, 4) is 0 Å². The van der Waals surface area contributed by atoms with E-state index in [-0.39, 0.29) is 11.9 Å². The van der Waals surface area contributed by atoms with E-state index in [1.54, 1.807) is 12.3 Å². The van der Waals surface area contributed by atoms with E-state index < -0.39 is 0 Å². The highest BCUT2D eigenvalue weighted by atomic mass is 19.1. The van der Waals surface area contributed by atoms with Crippen molar-refractivity contribution in [2.24, 2.45) is 0 Å². The van der Waals surface area contributed by atoms with Gasteiger partial charge in [0.1, 0.15) is 11.6 Å². The van der Waals surface area contributed by atoms with E-state index in [9.17, 15) is 4.39 Å². The minimum Gasteiger partial charge on any atom is -0.467 e. The van der Waals surface area contributed by atoms with Crippen LogP contribution in [0, 0.1) is 5.82 Å². The Bertz CT molecular complexity index is 425. The lowest BCUT2D eigenvalue weighted by Gasteiger charge is -2.12. The molecule has 0 aliphatic carbocycles. The first-order valence-electron chi connectivity index (χ1n) is 4.81. The maximum absolute atomic E-state index is 12.9. The van der Waals surface area contributed by atoms with E-state index >= 15 is 0 Å². The molecule has 0 saturated heterocycles. The summed E-state index contributed by atoms with van der Waals surface area (Å²) in [5.74, 6) is 0.589. The zero-order chi connectivity index (χ0) is 10.7. The third kappa shape index (κ3) is 2.37. The van der Waals surface area contributed by atoms with Crippen LogP contribution in [0.3, 0.4) is 0 Å². The Morgan fingerprint density at radius 3 is 2.80 bits per heavy atom. The second-order valence-corrected chi connectivity index (χ2v) is 3.39. The molecule has 0 spiro atoms. The Kier molecular flexibility index (Phi) is 2.72. The third-order valence-corrected chi connectivity index (χ3v) is 2.18. The van der Waals surface area contributed by atoms with Crippen molar-refractivity contribution in [2.75, 3.05) is 5.32 Å². The van der Waals surface area contributed by atoms with E-state index in [0.29, 0.717) is 0 Å². The summed E-state index contributed by atoms with van der Waals surface area (Å²) < 4.78 is 18.1. The van der Waals surface area contributed by atoms with E-state index in [1.165, 1.54) is 12.1 Å². The molecule has 1 aromatic carbocycles. The first-order valence-corrected chi connectivity index (χ1v) is 4.81. The number of nitrogens with one attached hydrogen (secondary N) is 1. The number of hydrogen-bond acceptors (Lipinski definition) is 2. The quantitative estimate of drug-likeness (QED) is 0.828. The molecule has 1 N–H and O–H groups in total. The molecular weight excluding hydrogens is 193 g/mol. The van der Waals surface area contributed by atoms with Crippen molar-refractivity contribution in [1.82, 2.24) is 0 Å². The molecule has 1 heterocycles. The lowest BCUT2D eigenvalue weighted by Crippen LogP contribution is -2.05. The topological polar surface area (TPSA) is 25.2 Å². The van der Waals surface area contributed by atoms with Gasteiger partial charge in [-0.05, 0) is 37.3 Å². The fourth-order valence-electron chi connectivity index (χ4n) is 1.44. The molecule has 15 heavy (non-hydrogen) atoms. The van der Waals surface area contributed by atoms with Crippen molar-refractivity contribution >= 4 is 5.69 Å². The molecule has 1 aromatic heterocycles. The van der Waals surface area contributed by atoms with Gasteiger partial charge in [0.2, 0.25) is 0 Å². The fraction of sp³-hybridized carbons (Fsp3) is 0.167. The van der Waals surface area contributed by atoms with Gasteiger partial charge in [0, 0.05) is 5.69 Å². The summed E-state index contributed by atoms with van der Waals surface area (Å²) in [6.07, 6.45) is 1.62. The van der Waals surface area contributed by atoms with Crippen LogP contribution in [0.5, 0.6) is 0 Å². The number of hydrogen-bond donors (Lipinski definition) is 1. The smallest absolute Gasteiger partial charge is 0.125 e. The first-order chi connectivity index (χ1) is 7.25. The zero-order valence-electron chi connectivity index (χ0n) is 8.41. The highest BCUT2D eigenvalue weighted by Gasteiger charge is 2.07. The van der Waals surface area contributed by atoms with Crippen LogP contribution in [-0.2, 0) is 0 Å². The minimum atomic E-state index is -0.244. The van der Waals surface area contributed by atoms with Crippen molar-refractivity contribution in [3.63, 3.8) is 0 Å². The summed E-state index contributed by atoms with van der Waals surface area (Å²) in [7, 11) is 0. The van der Waals surface area contributed by atoms with Crippen molar-refractivity contribution < 1.29 is 8.81 Å². The van der Waals surface area contributed by atoms with Crippen molar-refractivity contribution in [2.45, 2.75) is 13.0 Å². The van der Waals surface area contributed by atoms with Gasteiger partial charge in [0.25, 0.3) is 0 Å². The Hall–Kier alpha value is -1.77. The molecule has 0 aliphatic heterocycles. The normalized spacial score (nSPS) is 12.4. The van der Waals surface area contributed by atoms with Gasteiger partial charge < -0.3 is 9.73 Å². The summed E-state index contributed by atoms with van der Waals surface area (Å²) in [4.78, 5) is 0. The van der Waals surface area contributed by atoms with Gasteiger partial charge in [-0.15, -0.1) is 0 Å². The molecule has 0 radical (unpaired) electrons. The molecule has 2 nitrogen and oxygen atoms in total. The van der Waals surface area contributed by atoms with Gasteiger partial charge >= 0.3 is 0 Å². The molecule has 2 rings (SSSR count). The third-order valence-electron chi connectivity index (χ3n) is 2.18. The van der Waals surface area contributed by atoms with Gasteiger partial charge in [-0.1, -0.05) is 6.07 Å². The summed E-state index contributed by atoms with van der Waals surface area (Å²) in [5.41, 5.74) is 0.749. The highest BCUT2D eigenvalue weighted by Crippen LogP contribution is 2.19. The van der Waals surface area contributed by atoms with Crippen molar-refractivity contribution in [1.29, 1.82) is 0 Å². The minimum absolute atomic E-state index is 0.0294. The van der Waals surface area contributed by atoms with E-state index in [4.69, 9.17) is 4.42 Å². The van der Waals surface area contributed by atoms with Gasteiger partial charge in [-0.25, -0.2) is 4.39 Å². The van der Waals surface area contributed by atoms with Crippen molar-refractivity contribution in [3.05, 3.63) is 54.2 Å². The summed E-state index contributed by atoms with van der Waals surface area (Å²) in [6.45, 7) is 1.96. The van der Waals surface area contributed by atoms with E-state index in [0.717, 1.165) is 11.4 Å². The van der Waals surface area contributed by atoms with Crippen LogP contribution < -0.4 is 5.32 Å². The largest absolute Gasteiger partial charge is 0.467 e. The molecule has 0 saturated carbocycles. The number of halogens is 1. The summed E-state index contributed by atoms with van der Waals surface area (Å²) in [6, 6.07) is 10.1. The molecule has 2 aromatic rings. The molecular formula is C12H12FNO. The Morgan fingerprint density at radius 2 is 2.13 bits per heavy atom. The molecule has 0 amide bonds. The summed E-state index contributed by atoms with van der Waals surface area (Å²) in [5, 5.41) is 3.15. The predicted octanol–water partition coefficient (Wildman–Crippen LogP) is 3.59. The molecule has 1 atom stereocenters. The lowest BCUT2D eigenvalue weighted by molar-refractivity contribution is 0.490. The first kappa shape index (κ1) is 9.77. The average Bonchev–Trinajstić information content (AvgIpc) is 2.70. The van der Waals surface area contributed by atoms with E-state index in [2.05, 4.69) is 5.32 Å². The monoisotopic (exact) mass is 205 g/mol. The van der Waals surface area contributed by atoms with Crippen LogP contribution >= 0.6 is 0 Å². The molecule has 3 heteroatoms. The molecule has 0 aliphatic rings. The number of furan rings is 1. The van der Waals surface area contributed by atoms with Crippen LogP contribution in [0.25, 0.3) is 0 Å². The van der Waals surface area contributed by atoms with Gasteiger partial charge in [0.05, 0.1) is 12.3 Å². The Labute approximate surface area is 87.7 Å². The van der Waals surface area contributed by atoms with Crippen LogP contribution in [0.4, 0.5) is 10.1 Å². The number of rotatable bonds is 3. The highest BCUT2D eigenvalue weighted by molar-refractivity contribution is 5.44. The predicted molar refractivity (Wildman–Crippen MR) is 57.1 cm³/mol. The van der Waals surface area contributed by atoms with Gasteiger partial charge in [-0.2, -0.15) is 0 Å². The Balaban J connectivity index is 2.09. The van der Waals surface area contributed by atoms with E-state index in [1.807, 2.05) is 25.1 Å².